The number of carbonyl (C=O) groups excluding carboxylic acids is 1. The fourth-order valence-electron chi connectivity index (χ4n) is 2.89. The van der Waals surface area contributed by atoms with Gasteiger partial charge in [0.1, 0.15) is 11.3 Å². The SMILES string of the molecule is COc1cncc(NC(=O)c2c(N)nn3cc(F)cnc23)c1-c1cncn1C. The smallest absolute Gasteiger partial charge is 0.263 e. The molecule has 0 radical (unpaired) electrons. The van der Waals surface area contributed by atoms with E-state index in [1.165, 1.54) is 19.5 Å². The first kappa shape index (κ1) is 17.4. The standard InChI is InChI=1S/C17H15FN8O2/c1-25-8-21-5-11(25)13-10(4-20-6-12(13)28-2)23-17(27)14-15(19)24-26-7-9(18)3-22-16(14)26/h3-8H,1-2H3,(H2,19,24)(H,23,27). The fraction of sp³-hybridized carbons (Fsp3) is 0.118. The highest BCUT2D eigenvalue weighted by atomic mass is 19.1. The van der Waals surface area contributed by atoms with Crippen LogP contribution in [0.2, 0.25) is 0 Å². The van der Waals surface area contributed by atoms with Crippen molar-refractivity contribution in [1.29, 1.82) is 0 Å². The zero-order valence-corrected chi connectivity index (χ0v) is 14.9. The molecule has 0 bridgehead atoms. The number of aromatic nitrogens is 6. The van der Waals surface area contributed by atoms with Crippen molar-refractivity contribution in [3.63, 3.8) is 0 Å². The highest BCUT2D eigenvalue weighted by Gasteiger charge is 2.23. The van der Waals surface area contributed by atoms with Gasteiger partial charge < -0.3 is 20.4 Å². The van der Waals surface area contributed by atoms with E-state index in [1.807, 2.05) is 7.05 Å². The average Bonchev–Trinajstić information content (AvgIpc) is 3.23. The van der Waals surface area contributed by atoms with Gasteiger partial charge in [-0.25, -0.2) is 18.9 Å². The van der Waals surface area contributed by atoms with Gasteiger partial charge in [0, 0.05) is 7.05 Å². The molecule has 1 amide bonds. The number of nitrogens with two attached hydrogens (primary N) is 1. The van der Waals surface area contributed by atoms with Crippen molar-refractivity contribution < 1.29 is 13.9 Å². The predicted molar refractivity (Wildman–Crippen MR) is 98.3 cm³/mol. The van der Waals surface area contributed by atoms with E-state index in [2.05, 4.69) is 25.4 Å². The number of rotatable bonds is 4. The number of pyridine rings is 1. The number of amides is 1. The molecule has 0 atom stereocenters. The Bertz CT molecular complexity index is 1200. The molecule has 3 N–H and O–H groups in total. The molecule has 0 aliphatic carbocycles. The van der Waals surface area contributed by atoms with Crippen LogP contribution in [0.1, 0.15) is 10.4 Å². The minimum atomic E-state index is -0.600. The third-order valence-electron chi connectivity index (χ3n) is 4.15. The number of fused-ring (bicyclic) bond motifs is 1. The van der Waals surface area contributed by atoms with E-state index in [9.17, 15) is 9.18 Å². The van der Waals surface area contributed by atoms with Crippen LogP contribution in [0.25, 0.3) is 16.9 Å². The number of carbonyl (C=O) groups is 1. The van der Waals surface area contributed by atoms with Gasteiger partial charge in [0.15, 0.2) is 17.3 Å². The molecular weight excluding hydrogens is 367 g/mol. The number of halogens is 1. The fourth-order valence-corrected chi connectivity index (χ4v) is 2.89. The lowest BCUT2D eigenvalue weighted by Gasteiger charge is -2.14. The lowest BCUT2D eigenvalue weighted by atomic mass is 10.1. The summed E-state index contributed by atoms with van der Waals surface area (Å²) in [5, 5.41) is 6.69. The Hall–Kier alpha value is -4.02. The van der Waals surface area contributed by atoms with Gasteiger partial charge in [-0.3, -0.25) is 9.78 Å². The number of imidazole rings is 1. The molecular formula is C17H15FN8O2. The van der Waals surface area contributed by atoms with E-state index in [0.29, 0.717) is 22.7 Å². The topological polar surface area (TPSA) is 125 Å². The normalized spacial score (nSPS) is 11.0. The number of hydrogen-bond donors (Lipinski definition) is 2. The molecule has 0 spiro atoms. The van der Waals surface area contributed by atoms with Crippen LogP contribution in [-0.2, 0) is 7.05 Å². The summed E-state index contributed by atoms with van der Waals surface area (Å²) in [6.45, 7) is 0. The van der Waals surface area contributed by atoms with Crippen molar-refractivity contribution in [2.45, 2.75) is 0 Å². The van der Waals surface area contributed by atoms with Crippen LogP contribution in [0.15, 0.2) is 37.3 Å². The largest absolute Gasteiger partial charge is 0.494 e. The highest BCUT2D eigenvalue weighted by Crippen LogP contribution is 2.36. The maximum atomic E-state index is 13.4. The zero-order chi connectivity index (χ0) is 19.8. The van der Waals surface area contributed by atoms with Crippen molar-refractivity contribution in [2.75, 3.05) is 18.2 Å². The Balaban J connectivity index is 1.80. The monoisotopic (exact) mass is 382 g/mol. The molecule has 0 saturated heterocycles. The molecule has 4 aromatic rings. The first-order valence-corrected chi connectivity index (χ1v) is 8.09. The van der Waals surface area contributed by atoms with Gasteiger partial charge in [0.25, 0.3) is 5.91 Å². The van der Waals surface area contributed by atoms with Gasteiger partial charge in [-0.1, -0.05) is 0 Å². The van der Waals surface area contributed by atoms with Crippen molar-refractivity contribution in [2.24, 2.45) is 7.05 Å². The molecule has 10 nitrogen and oxygen atoms in total. The van der Waals surface area contributed by atoms with Gasteiger partial charge in [-0.15, -0.1) is 5.10 Å². The Kier molecular flexibility index (Phi) is 4.11. The number of anilines is 2. The molecule has 0 aliphatic heterocycles. The van der Waals surface area contributed by atoms with E-state index < -0.39 is 11.7 Å². The summed E-state index contributed by atoms with van der Waals surface area (Å²) in [6.07, 6.45) is 8.36. The second-order valence-electron chi connectivity index (χ2n) is 5.91. The number of hydrogen-bond acceptors (Lipinski definition) is 7. The first-order chi connectivity index (χ1) is 13.5. The molecule has 4 rings (SSSR count). The minimum Gasteiger partial charge on any atom is -0.494 e. The quantitative estimate of drug-likeness (QED) is 0.548. The van der Waals surface area contributed by atoms with Gasteiger partial charge in [0.05, 0.1) is 61.4 Å². The van der Waals surface area contributed by atoms with Crippen LogP contribution in [0, 0.1) is 5.82 Å². The summed E-state index contributed by atoms with van der Waals surface area (Å²) in [6, 6.07) is 0. The summed E-state index contributed by atoms with van der Waals surface area (Å²) in [5.41, 5.74) is 7.71. The summed E-state index contributed by atoms with van der Waals surface area (Å²) in [5.74, 6) is -0.787. The average molecular weight is 382 g/mol. The van der Waals surface area contributed by atoms with Crippen molar-refractivity contribution in [1.82, 2.24) is 29.1 Å². The number of methoxy groups -OCH3 is 1. The summed E-state index contributed by atoms with van der Waals surface area (Å²) < 4.78 is 21.7. The molecule has 0 aliphatic rings. The molecule has 142 valence electrons. The van der Waals surface area contributed by atoms with Gasteiger partial charge >= 0.3 is 0 Å². The summed E-state index contributed by atoms with van der Waals surface area (Å²) in [4.78, 5) is 25.0. The van der Waals surface area contributed by atoms with Crippen LogP contribution in [-0.4, -0.2) is 42.2 Å². The van der Waals surface area contributed by atoms with Crippen LogP contribution in [0.3, 0.4) is 0 Å². The van der Waals surface area contributed by atoms with Crippen LogP contribution < -0.4 is 15.8 Å². The molecule has 0 fully saturated rings. The first-order valence-electron chi connectivity index (χ1n) is 8.09. The van der Waals surface area contributed by atoms with E-state index in [4.69, 9.17) is 10.5 Å². The van der Waals surface area contributed by atoms with Crippen molar-refractivity contribution in [3.8, 4) is 17.0 Å². The summed E-state index contributed by atoms with van der Waals surface area (Å²) >= 11 is 0. The lowest BCUT2D eigenvalue weighted by molar-refractivity contribution is 0.102. The van der Waals surface area contributed by atoms with E-state index in [1.54, 1.807) is 17.1 Å². The molecule has 4 aromatic heterocycles. The minimum absolute atomic E-state index is 0.0266. The molecule has 0 unspecified atom stereocenters. The Labute approximate surface area is 157 Å². The maximum Gasteiger partial charge on any atom is 0.263 e. The molecule has 28 heavy (non-hydrogen) atoms. The van der Waals surface area contributed by atoms with Crippen LogP contribution in [0.4, 0.5) is 15.9 Å². The third-order valence-corrected chi connectivity index (χ3v) is 4.15. The Morgan fingerprint density at radius 1 is 1.25 bits per heavy atom. The molecule has 0 saturated carbocycles. The highest BCUT2D eigenvalue weighted by molar-refractivity contribution is 6.12. The lowest BCUT2D eigenvalue weighted by Crippen LogP contribution is -2.15. The van der Waals surface area contributed by atoms with Crippen LogP contribution >= 0.6 is 0 Å². The van der Waals surface area contributed by atoms with E-state index in [-0.39, 0.29) is 17.0 Å². The van der Waals surface area contributed by atoms with E-state index in [0.717, 1.165) is 16.9 Å². The number of nitrogens with zero attached hydrogens (tertiary/aromatic N) is 6. The van der Waals surface area contributed by atoms with Gasteiger partial charge in [-0.2, -0.15) is 0 Å². The van der Waals surface area contributed by atoms with Gasteiger partial charge in [0.2, 0.25) is 0 Å². The van der Waals surface area contributed by atoms with Crippen molar-refractivity contribution >= 4 is 23.1 Å². The van der Waals surface area contributed by atoms with Crippen LogP contribution in [0.5, 0.6) is 5.75 Å². The van der Waals surface area contributed by atoms with Crippen molar-refractivity contribution in [3.05, 3.63) is 48.7 Å². The second-order valence-corrected chi connectivity index (χ2v) is 5.91. The number of nitrogen functional groups attached to an aromatic ring is 1. The Morgan fingerprint density at radius 3 is 2.79 bits per heavy atom. The number of nitrogens with one attached hydrogen (secondary N) is 1. The zero-order valence-electron chi connectivity index (χ0n) is 14.9. The van der Waals surface area contributed by atoms with Gasteiger partial charge in [-0.05, 0) is 0 Å². The maximum absolute atomic E-state index is 13.4. The third kappa shape index (κ3) is 2.78. The van der Waals surface area contributed by atoms with E-state index >= 15 is 0 Å². The summed E-state index contributed by atoms with van der Waals surface area (Å²) in [7, 11) is 3.32. The molecule has 0 aromatic carbocycles. The number of aryl methyl sites for hydroxylation is 1. The molecule has 4 heterocycles. The predicted octanol–water partition coefficient (Wildman–Crippen LogP) is 1.51. The Morgan fingerprint density at radius 2 is 2.07 bits per heavy atom. The number of ether oxygens (including phenoxy) is 1. The molecule has 11 heteroatoms. The second kappa shape index (κ2) is 6.61.